The van der Waals surface area contributed by atoms with Crippen LogP contribution in [0.15, 0.2) is 53.9 Å². The van der Waals surface area contributed by atoms with Gasteiger partial charge in [0.25, 0.3) is 5.91 Å². The molecule has 0 saturated carbocycles. The number of fused-ring (bicyclic) bond motifs is 2. The smallest absolute Gasteiger partial charge is 0.276 e. The lowest BCUT2D eigenvalue weighted by Crippen LogP contribution is -2.15. The number of hydrogen-bond donors (Lipinski definition) is 1. The van der Waals surface area contributed by atoms with Crippen LogP contribution < -0.4 is 5.32 Å². The number of carbonyl (C=O) groups excluding carboxylic acids is 1. The van der Waals surface area contributed by atoms with Crippen molar-refractivity contribution in [2.24, 2.45) is 5.10 Å². The zero-order chi connectivity index (χ0) is 14.4. The van der Waals surface area contributed by atoms with Crippen LogP contribution in [0.2, 0.25) is 0 Å². The quantitative estimate of drug-likeness (QED) is 0.742. The Morgan fingerprint density at radius 1 is 1.19 bits per heavy atom. The topological polar surface area (TPSA) is 59.3 Å². The van der Waals surface area contributed by atoms with Crippen LogP contribution in [-0.4, -0.2) is 21.3 Å². The molecule has 2 aromatic carbocycles. The first kappa shape index (κ1) is 11.8. The molecule has 0 spiro atoms. The number of hydrogen-bond acceptors (Lipinski definition) is 3. The SMILES string of the molecule is Cc1ccc2c(c1)/C(=N/n1cnc3ccccc31)C(=O)N2. The van der Waals surface area contributed by atoms with Crippen molar-refractivity contribution < 1.29 is 4.79 Å². The molecule has 0 saturated heterocycles. The van der Waals surface area contributed by atoms with Gasteiger partial charge in [-0.15, -0.1) is 0 Å². The van der Waals surface area contributed by atoms with Gasteiger partial charge < -0.3 is 5.32 Å². The van der Waals surface area contributed by atoms with Crippen molar-refractivity contribution in [2.75, 3.05) is 5.32 Å². The van der Waals surface area contributed by atoms with Gasteiger partial charge in [0.15, 0.2) is 5.71 Å². The fraction of sp³-hybridized carbons (Fsp3) is 0.0625. The number of aryl methyl sites for hydroxylation is 1. The summed E-state index contributed by atoms with van der Waals surface area (Å²) >= 11 is 0. The number of imidazole rings is 1. The van der Waals surface area contributed by atoms with Gasteiger partial charge in [0.05, 0.1) is 16.7 Å². The van der Waals surface area contributed by atoms with Crippen molar-refractivity contribution in [2.45, 2.75) is 6.92 Å². The van der Waals surface area contributed by atoms with E-state index in [1.54, 1.807) is 11.0 Å². The van der Waals surface area contributed by atoms with Crippen LogP contribution in [0.25, 0.3) is 11.0 Å². The van der Waals surface area contributed by atoms with Crippen molar-refractivity contribution in [3.8, 4) is 0 Å². The Bertz CT molecular complexity index is 908. The molecule has 0 aliphatic carbocycles. The van der Waals surface area contributed by atoms with Crippen LogP contribution in [0, 0.1) is 6.92 Å². The molecular formula is C16H12N4O. The van der Waals surface area contributed by atoms with Gasteiger partial charge in [0, 0.05) is 5.56 Å². The summed E-state index contributed by atoms with van der Waals surface area (Å²) in [6.45, 7) is 1.99. The summed E-state index contributed by atoms with van der Waals surface area (Å²) in [4.78, 5) is 16.4. The Hall–Kier alpha value is -2.95. The van der Waals surface area contributed by atoms with E-state index in [4.69, 9.17) is 0 Å². The molecule has 0 bridgehead atoms. The summed E-state index contributed by atoms with van der Waals surface area (Å²) in [7, 11) is 0. The van der Waals surface area contributed by atoms with Crippen molar-refractivity contribution in [3.05, 3.63) is 59.9 Å². The maximum absolute atomic E-state index is 12.1. The number of nitrogens with zero attached hydrogens (tertiary/aromatic N) is 3. The standard InChI is InChI=1S/C16H12N4O/c1-10-6-7-12-11(8-10)15(16(21)18-12)19-20-9-17-13-4-2-3-5-14(13)20/h2-9H,1H3,(H,18,19,21). The van der Waals surface area contributed by atoms with Gasteiger partial charge in [-0.2, -0.15) is 5.10 Å². The van der Waals surface area contributed by atoms with Crippen molar-refractivity contribution in [3.63, 3.8) is 0 Å². The van der Waals surface area contributed by atoms with Crippen molar-refractivity contribution >= 4 is 28.3 Å². The first-order valence-corrected chi connectivity index (χ1v) is 6.66. The second-order valence-electron chi connectivity index (χ2n) is 5.03. The first-order valence-electron chi connectivity index (χ1n) is 6.66. The van der Waals surface area contributed by atoms with E-state index in [-0.39, 0.29) is 5.91 Å². The molecule has 0 unspecified atom stereocenters. The van der Waals surface area contributed by atoms with E-state index in [0.717, 1.165) is 27.8 Å². The molecule has 1 aromatic heterocycles. The Kier molecular flexibility index (Phi) is 2.41. The van der Waals surface area contributed by atoms with Gasteiger partial charge in [-0.05, 0) is 31.2 Å². The summed E-state index contributed by atoms with van der Waals surface area (Å²) in [6.07, 6.45) is 1.62. The molecule has 3 aromatic rings. The Morgan fingerprint density at radius 3 is 2.95 bits per heavy atom. The highest BCUT2D eigenvalue weighted by Gasteiger charge is 2.26. The largest absolute Gasteiger partial charge is 0.320 e. The molecule has 1 N–H and O–H groups in total. The average Bonchev–Trinajstić information content (AvgIpc) is 3.02. The monoisotopic (exact) mass is 276 g/mol. The average molecular weight is 276 g/mol. The molecule has 0 atom stereocenters. The van der Waals surface area contributed by atoms with E-state index >= 15 is 0 Å². The maximum Gasteiger partial charge on any atom is 0.276 e. The van der Waals surface area contributed by atoms with Gasteiger partial charge in [0.2, 0.25) is 0 Å². The predicted molar refractivity (Wildman–Crippen MR) is 81.5 cm³/mol. The van der Waals surface area contributed by atoms with Crippen LogP contribution in [0.5, 0.6) is 0 Å². The third-order valence-electron chi connectivity index (χ3n) is 3.54. The zero-order valence-electron chi connectivity index (χ0n) is 11.4. The second kappa shape index (κ2) is 4.28. The normalized spacial score (nSPS) is 15.5. The molecule has 2 heterocycles. The fourth-order valence-electron chi connectivity index (χ4n) is 2.50. The molecule has 1 aliphatic heterocycles. The molecule has 0 radical (unpaired) electrons. The first-order chi connectivity index (χ1) is 10.2. The van der Waals surface area contributed by atoms with E-state index in [2.05, 4.69) is 15.4 Å². The van der Waals surface area contributed by atoms with E-state index < -0.39 is 0 Å². The number of nitrogens with one attached hydrogen (secondary N) is 1. The summed E-state index contributed by atoms with van der Waals surface area (Å²) in [5.74, 6) is -0.187. The second-order valence-corrected chi connectivity index (χ2v) is 5.03. The molecule has 5 heteroatoms. The van der Waals surface area contributed by atoms with Gasteiger partial charge in [-0.25, -0.2) is 9.66 Å². The van der Waals surface area contributed by atoms with E-state index in [1.165, 1.54) is 0 Å². The molecule has 1 amide bonds. The lowest BCUT2D eigenvalue weighted by molar-refractivity contribution is -0.110. The van der Waals surface area contributed by atoms with Crippen LogP contribution in [0.1, 0.15) is 11.1 Å². The maximum atomic E-state index is 12.1. The van der Waals surface area contributed by atoms with Crippen LogP contribution in [0.3, 0.4) is 0 Å². The summed E-state index contributed by atoms with van der Waals surface area (Å²) in [5, 5.41) is 7.30. The minimum absolute atomic E-state index is 0.187. The van der Waals surface area contributed by atoms with Gasteiger partial charge >= 0.3 is 0 Å². The molecule has 5 nitrogen and oxygen atoms in total. The van der Waals surface area contributed by atoms with Crippen molar-refractivity contribution in [1.29, 1.82) is 0 Å². The number of anilines is 1. The number of rotatable bonds is 1. The van der Waals surface area contributed by atoms with Crippen LogP contribution in [-0.2, 0) is 4.79 Å². The minimum Gasteiger partial charge on any atom is -0.320 e. The third kappa shape index (κ3) is 1.82. The molecular weight excluding hydrogens is 264 g/mol. The molecule has 21 heavy (non-hydrogen) atoms. The number of amides is 1. The van der Waals surface area contributed by atoms with Gasteiger partial charge in [-0.3, -0.25) is 4.79 Å². The third-order valence-corrected chi connectivity index (χ3v) is 3.54. The van der Waals surface area contributed by atoms with E-state index in [1.807, 2.05) is 49.4 Å². The predicted octanol–water partition coefficient (Wildman–Crippen LogP) is 2.55. The highest BCUT2D eigenvalue weighted by atomic mass is 16.2. The number of aromatic nitrogens is 2. The molecule has 4 rings (SSSR count). The Labute approximate surface area is 120 Å². The van der Waals surface area contributed by atoms with Crippen LogP contribution >= 0.6 is 0 Å². The Balaban J connectivity index is 1.90. The van der Waals surface area contributed by atoms with Gasteiger partial charge in [-0.1, -0.05) is 23.8 Å². The number of para-hydroxylation sites is 2. The molecule has 0 fully saturated rings. The summed E-state index contributed by atoms with van der Waals surface area (Å²) in [5.41, 5.74) is 4.86. The summed E-state index contributed by atoms with van der Waals surface area (Å²) in [6, 6.07) is 13.5. The minimum atomic E-state index is -0.187. The number of carbonyl (C=O) groups is 1. The summed E-state index contributed by atoms with van der Waals surface area (Å²) < 4.78 is 1.64. The molecule has 1 aliphatic rings. The lowest BCUT2D eigenvalue weighted by Gasteiger charge is -2.00. The van der Waals surface area contributed by atoms with Crippen molar-refractivity contribution in [1.82, 2.24) is 9.66 Å². The van der Waals surface area contributed by atoms with E-state index in [9.17, 15) is 4.79 Å². The lowest BCUT2D eigenvalue weighted by atomic mass is 10.1. The van der Waals surface area contributed by atoms with Crippen LogP contribution in [0.4, 0.5) is 5.69 Å². The fourth-order valence-corrected chi connectivity index (χ4v) is 2.50. The van der Waals surface area contributed by atoms with E-state index in [0.29, 0.717) is 5.71 Å². The number of benzene rings is 2. The highest BCUT2D eigenvalue weighted by molar-refractivity contribution is 6.53. The van der Waals surface area contributed by atoms with Gasteiger partial charge in [0.1, 0.15) is 6.33 Å². The Morgan fingerprint density at radius 2 is 2.05 bits per heavy atom. The highest BCUT2D eigenvalue weighted by Crippen LogP contribution is 2.25. The zero-order valence-corrected chi connectivity index (χ0v) is 11.4. The molecule has 102 valence electrons.